The van der Waals surface area contributed by atoms with E-state index in [1.165, 1.54) is 6.07 Å². The molecule has 1 aromatic carbocycles. The predicted molar refractivity (Wildman–Crippen MR) is 70.2 cm³/mol. The van der Waals surface area contributed by atoms with Crippen LogP contribution in [0.15, 0.2) is 21.4 Å². The first kappa shape index (κ1) is 12.5. The quantitative estimate of drug-likeness (QED) is 0.483. The Kier molecular flexibility index (Phi) is 4.59. The van der Waals surface area contributed by atoms with Crippen molar-refractivity contribution in [1.82, 2.24) is 4.90 Å². The van der Waals surface area contributed by atoms with Crippen molar-refractivity contribution in [3.63, 3.8) is 0 Å². The summed E-state index contributed by atoms with van der Waals surface area (Å²) >= 11 is 7.49. The average Bonchev–Trinajstić information content (AvgIpc) is 2.16. The first-order valence-corrected chi connectivity index (χ1v) is 5.47. The SMILES string of the molecule is CN(C)/C(=N\I)Nc1ccc(Cl)cc1F. The highest BCUT2D eigenvalue weighted by Crippen LogP contribution is 2.19. The van der Waals surface area contributed by atoms with Gasteiger partial charge in [0, 0.05) is 19.1 Å². The van der Waals surface area contributed by atoms with E-state index < -0.39 is 5.82 Å². The summed E-state index contributed by atoms with van der Waals surface area (Å²) in [5.41, 5.74) is 0.350. The van der Waals surface area contributed by atoms with E-state index in [2.05, 4.69) is 8.52 Å². The molecule has 0 fully saturated rings. The van der Waals surface area contributed by atoms with Gasteiger partial charge < -0.3 is 10.2 Å². The topological polar surface area (TPSA) is 27.6 Å². The van der Waals surface area contributed by atoms with Gasteiger partial charge in [0.25, 0.3) is 0 Å². The van der Waals surface area contributed by atoms with Gasteiger partial charge in [-0.25, -0.2) is 4.39 Å². The van der Waals surface area contributed by atoms with Gasteiger partial charge in [-0.05, 0) is 18.2 Å². The number of nitrogens with one attached hydrogen (secondary N) is 1. The van der Waals surface area contributed by atoms with Crippen LogP contribution in [0.5, 0.6) is 0 Å². The zero-order valence-corrected chi connectivity index (χ0v) is 11.2. The molecule has 1 N–H and O–H groups in total. The van der Waals surface area contributed by atoms with Crippen LogP contribution in [-0.4, -0.2) is 25.0 Å². The number of guanidine groups is 1. The smallest absolute Gasteiger partial charge is 0.208 e. The van der Waals surface area contributed by atoms with Gasteiger partial charge in [-0.15, -0.1) is 0 Å². The second-order valence-corrected chi connectivity index (χ2v) is 3.97. The Morgan fingerprint density at radius 3 is 2.67 bits per heavy atom. The molecule has 0 amide bonds. The lowest BCUT2D eigenvalue weighted by Crippen LogP contribution is -2.29. The van der Waals surface area contributed by atoms with Crippen LogP contribution in [0.4, 0.5) is 10.1 Å². The van der Waals surface area contributed by atoms with Crippen molar-refractivity contribution in [2.75, 3.05) is 19.4 Å². The number of halogens is 3. The van der Waals surface area contributed by atoms with Crippen LogP contribution in [0.3, 0.4) is 0 Å². The number of hydrogen-bond acceptors (Lipinski definition) is 1. The minimum absolute atomic E-state index is 0.350. The molecule has 0 unspecified atom stereocenters. The monoisotopic (exact) mass is 341 g/mol. The zero-order valence-electron chi connectivity index (χ0n) is 8.26. The van der Waals surface area contributed by atoms with Gasteiger partial charge in [0.05, 0.1) is 28.6 Å². The number of hydrogen-bond donors (Lipinski definition) is 1. The molecule has 0 atom stereocenters. The van der Waals surface area contributed by atoms with E-state index in [1.54, 1.807) is 17.0 Å². The highest BCUT2D eigenvalue weighted by Gasteiger charge is 2.06. The molecule has 3 nitrogen and oxygen atoms in total. The molecule has 0 aliphatic carbocycles. The molecular formula is C9H10ClFIN3. The molecule has 0 aliphatic heterocycles. The van der Waals surface area contributed by atoms with Gasteiger partial charge in [-0.3, -0.25) is 0 Å². The van der Waals surface area contributed by atoms with Gasteiger partial charge in [-0.2, -0.15) is 3.21 Å². The Balaban J connectivity index is 2.89. The van der Waals surface area contributed by atoms with Crippen molar-refractivity contribution in [2.24, 2.45) is 3.21 Å². The lowest BCUT2D eigenvalue weighted by Gasteiger charge is -2.16. The molecule has 0 spiro atoms. The zero-order chi connectivity index (χ0) is 11.4. The third-order valence-electron chi connectivity index (χ3n) is 1.68. The van der Waals surface area contributed by atoms with Gasteiger partial charge in [0.15, 0.2) is 0 Å². The summed E-state index contributed by atoms with van der Waals surface area (Å²) < 4.78 is 17.3. The maximum absolute atomic E-state index is 13.4. The first-order valence-electron chi connectivity index (χ1n) is 4.13. The molecule has 0 aliphatic rings. The molecule has 1 aromatic rings. The lowest BCUT2D eigenvalue weighted by molar-refractivity contribution is 0.615. The first-order chi connectivity index (χ1) is 7.04. The Hall–Kier alpha value is -0.560. The Morgan fingerprint density at radius 2 is 2.20 bits per heavy atom. The van der Waals surface area contributed by atoms with E-state index in [9.17, 15) is 4.39 Å². The third-order valence-corrected chi connectivity index (χ3v) is 2.37. The normalized spacial score (nSPS) is 11.4. The number of rotatable bonds is 1. The van der Waals surface area contributed by atoms with Crippen molar-refractivity contribution in [3.8, 4) is 0 Å². The summed E-state index contributed by atoms with van der Waals surface area (Å²) in [6.07, 6.45) is 0. The molecule has 0 aromatic heterocycles. The number of benzene rings is 1. The largest absolute Gasteiger partial charge is 0.348 e. The Morgan fingerprint density at radius 1 is 1.53 bits per heavy atom. The molecule has 0 bridgehead atoms. The molecule has 15 heavy (non-hydrogen) atoms. The second-order valence-electron chi connectivity index (χ2n) is 3.05. The maximum Gasteiger partial charge on any atom is 0.208 e. The minimum atomic E-state index is -0.401. The molecule has 0 saturated carbocycles. The van der Waals surface area contributed by atoms with Crippen LogP contribution in [-0.2, 0) is 0 Å². The molecule has 0 saturated heterocycles. The molecule has 6 heteroatoms. The fourth-order valence-corrected chi connectivity index (χ4v) is 1.63. The highest BCUT2D eigenvalue weighted by atomic mass is 127. The maximum atomic E-state index is 13.4. The Labute approximate surface area is 107 Å². The van der Waals surface area contributed by atoms with Crippen LogP contribution in [0.25, 0.3) is 0 Å². The van der Waals surface area contributed by atoms with Crippen LogP contribution >= 0.6 is 34.5 Å². The van der Waals surface area contributed by atoms with Gasteiger partial charge in [0.2, 0.25) is 5.96 Å². The van der Waals surface area contributed by atoms with Crippen molar-refractivity contribution in [2.45, 2.75) is 0 Å². The van der Waals surface area contributed by atoms with Gasteiger partial charge in [-0.1, -0.05) is 11.6 Å². The van der Waals surface area contributed by atoms with Crippen molar-refractivity contribution >= 4 is 46.1 Å². The lowest BCUT2D eigenvalue weighted by atomic mass is 10.3. The average molecular weight is 342 g/mol. The minimum Gasteiger partial charge on any atom is -0.348 e. The van der Waals surface area contributed by atoms with E-state index in [0.29, 0.717) is 16.7 Å². The Bertz CT molecular complexity index is 382. The standard InChI is InChI=1S/C9H10ClFIN3/c1-15(2)9(14-12)13-8-4-3-6(10)5-7(8)11/h3-5H,1-2H3,(H,13,14). The number of anilines is 1. The molecule has 82 valence electrons. The van der Waals surface area contributed by atoms with E-state index in [1.807, 2.05) is 37.0 Å². The van der Waals surface area contributed by atoms with E-state index >= 15 is 0 Å². The number of nitrogens with zero attached hydrogens (tertiary/aromatic N) is 2. The summed E-state index contributed by atoms with van der Waals surface area (Å²) in [6.45, 7) is 0. The molecule has 0 radical (unpaired) electrons. The highest BCUT2D eigenvalue weighted by molar-refractivity contribution is 14.1. The van der Waals surface area contributed by atoms with Crippen molar-refractivity contribution < 1.29 is 4.39 Å². The summed E-state index contributed by atoms with van der Waals surface area (Å²) in [5.74, 6) is 0.165. The van der Waals surface area contributed by atoms with Gasteiger partial charge in [0.1, 0.15) is 5.82 Å². The van der Waals surface area contributed by atoms with Crippen LogP contribution < -0.4 is 5.32 Å². The molecule has 0 heterocycles. The van der Waals surface area contributed by atoms with E-state index in [-0.39, 0.29) is 0 Å². The van der Waals surface area contributed by atoms with Crippen molar-refractivity contribution in [3.05, 3.63) is 29.0 Å². The van der Waals surface area contributed by atoms with E-state index in [4.69, 9.17) is 11.6 Å². The van der Waals surface area contributed by atoms with E-state index in [0.717, 1.165) is 0 Å². The molecule has 1 rings (SSSR count). The fourth-order valence-electron chi connectivity index (χ4n) is 0.920. The summed E-state index contributed by atoms with van der Waals surface area (Å²) in [7, 11) is 3.64. The summed E-state index contributed by atoms with van der Waals surface area (Å²) in [4.78, 5) is 1.75. The third kappa shape index (κ3) is 3.49. The summed E-state index contributed by atoms with van der Waals surface area (Å²) in [5, 5.41) is 3.23. The van der Waals surface area contributed by atoms with Crippen LogP contribution in [0.2, 0.25) is 5.02 Å². The molecular weight excluding hydrogens is 331 g/mol. The fraction of sp³-hybridized carbons (Fsp3) is 0.222. The second kappa shape index (κ2) is 5.50. The van der Waals surface area contributed by atoms with Crippen LogP contribution in [0, 0.1) is 5.82 Å². The summed E-state index contributed by atoms with van der Waals surface area (Å²) in [6, 6.07) is 4.45. The van der Waals surface area contributed by atoms with Crippen molar-refractivity contribution in [1.29, 1.82) is 0 Å². The predicted octanol–water partition coefficient (Wildman–Crippen LogP) is 3.16. The van der Waals surface area contributed by atoms with Gasteiger partial charge >= 0.3 is 0 Å². The van der Waals surface area contributed by atoms with Crippen LogP contribution in [0.1, 0.15) is 0 Å².